The van der Waals surface area contributed by atoms with Crippen LogP contribution in [-0.2, 0) is 0 Å². The number of nitrogen functional groups attached to an aromatic ring is 2. The van der Waals surface area contributed by atoms with E-state index in [0.29, 0.717) is 0 Å². The molecule has 0 aliphatic rings. The Morgan fingerprint density at radius 3 is 2.58 bits per heavy atom. The van der Waals surface area contributed by atoms with Crippen molar-refractivity contribution in [3.63, 3.8) is 0 Å². The first-order valence-corrected chi connectivity index (χ1v) is 3.25. The van der Waals surface area contributed by atoms with Crippen molar-refractivity contribution in [2.24, 2.45) is 0 Å². The van der Waals surface area contributed by atoms with Crippen LogP contribution in [0.2, 0.25) is 5.02 Å². The molecule has 64 valence electrons. The summed E-state index contributed by atoms with van der Waals surface area (Å²) < 4.78 is 0. The van der Waals surface area contributed by atoms with Crippen molar-refractivity contribution >= 4 is 28.8 Å². The summed E-state index contributed by atoms with van der Waals surface area (Å²) in [6, 6.07) is 0. The molecule has 0 bridgehead atoms. The Morgan fingerprint density at radius 2 is 2.17 bits per heavy atom. The third-order valence-electron chi connectivity index (χ3n) is 1.25. The van der Waals surface area contributed by atoms with Gasteiger partial charge in [-0.3, -0.25) is 10.1 Å². The van der Waals surface area contributed by atoms with E-state index < -0.39 is 10.6 Å². The maximum absolute atomic E-state index is 10.3. The summed E-state index contributed by atoms with van der Waals surface area (Å²) in [5.41, 5.74) is 9.89. The Morgan fingerprint density at radius 1 is 1.58 bits per heavy atom. The molecule has 0 amide bonds. The van der Waals surface area contributed by atoms with Gasteiger partial charge in [0.15, 0.2) is 0 Å². The molecule has 0 unspecified atom stereocenters. The van der Waals surface area contributed by atoms with Gasteiger partial charge in [0.1, 0.15) is 5.69 Å². The van der Waals surface area contributed by atoms with Crippen molar-refractivity contribution in [3.8, 4) is 0 Å². The highest BCUT2D eigenvalue weighted by Crippen LogP contribution is 2.31. The maximum Gasteiger partial charge on any atom is 0.335 e. The topological polar surface area (TPSA) is 108 Å². The van der Waals surface area contributed by atoms with Gasteiger partial charge in [-0.05, 0) is 0 Å². The van der Waals surface area contributed by atoms with Crippen LogP contribution in [0, 0.1) is 10.1 Å². The number of aromatic nitrogens is 1. The van der Waals surface area contributed by atoms with E-state index in [9.17, 15) is 10.1 Å². The summed E-state index contributed by atoms with van der Waals surface area (Å²) in [5.74, 6) is -0.234. The van der Waals surface area contributed by atoms with E-state index in [0.717, 1.165) is 0 Å². The van der Waals surface area contributed by atoms with E-state index in [1.165, 1.54) is 6.20 Å². The normalized spacial score (nSPS) is 9.75. The van der Waals surface area contributed by atoms with Gasteiger partial charge in [0.05, 0.1) is 16.1 Å². The third kappa shape index (κ3) is 1.24. The number of nitrogens with zero attached hydrogens (tertiary/aromatic N) is 2. The van der Waals surface area contributed by atoms with Gasteiger partial charge in [0.2, 0.25) is 5.82 Å². The predicted molar refractivity (Wildman–Crippen MR) is 44.7 cm³/mol. The van der Waals surface area contributed by atoms with Gasteiger partial charge in [0, 0.05) is 0 Å². The molecule has 1 heterocycles. The minimum Gasteiger partial charge on any atom is -0.392 e. The zero-order chi connectivity index (χ0) is 9.30. The number of pyridine rings is 1. The van der Waals surface area contributed by atoms with E-state index in [2.05, 4.69) is 4.98 Å². The first-order chi connectivity index (χ1) is 5.54. The summed E-state index contributed by atoms with van der Waals surface area (Å²) in [6.07, 6.45) is 1.17. The summed E-state index contributed by atoms with van der Waals surface area (Å²) in [6.45, 7) is 0. The molecule has 1 rings (SSSR count). The van der Waals surface area contributed by atoms with Crippen LogP contribution in [0.4, 0.5) is 17.2 Å². The zero-order valence-electron chi connectivity index (χ0n) is 5.82. The fraction of sp³-hybridized carbons (Fsp3) is 0. The Bertz CT molecular complexity index is 340. The van der Waals surface area contributed by atoms with Crippen LogP contribution in [0.1, 0.15) is 0 Å². The molecule has 0 aromatic carbocycles. The average molecular weight is 189 g/mol. The van der Waals surface area contributed by atoms with Crippen LogP contribution in [0.25, 0.3) is 0 Å². The fourth-order valence-electron chi connectivity index (χ4n) is 0.700. The first-order valence-electron chi connectivity index (χ1n) is 2.88. The van der Waals surface area contributed by atoms with Gasteiger partial charge >= 0.3 is 5.69 Å². The zero-order valence-corrected chi connectivity index (χ0v) is 6.58. The summed E-state index contributed by atoms with van der Waals surface area (Å²) in [5, 5.41) is 10.4. The lowest BCUT2D eigenvalue weighted by molar-refractivity contribution is -0.383. The molecule has 0 aliphatic heterocycles. The van der Waals surface area contributed by atoms with Crippen molar-refractivity contribution in [1.29, 1.82) is 0 Å². The summed E-state index contributed by atoms with van der Waals surface area (Å²) in [7, 11) is 0. The highest BCUT2D eigenvalue weighted by Gasteiger charge is 2.19. The molecule has 4 N–H and O–H groups in total. The van der Waals surface area contributed by atoms with E-state index in [4.69, 9.17) is 23.1 Å². The van der Waals surface area contributed by atoms with Crippen LogP contribution in [-0.4, -0.2) is 9.91 Å². The summed E-state index contributed by atoms with van der Waals surface area (Å²) >= 11 is 5.48. The molecule has 7 heteroatoms. The molecule has 0 saturated carbocycles. The average Bonchev–Trinajstić information content (AvgIpc) is 1.97. The largest absolute Gasteiger partial charge is 0.392 e. The number of nitro groups is 1. The predicted octanol–water partition coefficient (Wildman–Crippen LogP) is 0.808. The molecule has 0 atom stereocenters. The van der Waals surface area contributed by atoms with E-state index in [-0.39, 0.29) is 16.5 Å². The second-order valence-corrected chi connectivity index (χ2v) is 2.42. The third-order valence-corrected chi connectivity index (χ3v) is 1.56. The Balaban J connectivity index is 3.43. The smallest absolute Gasteiger partial charge is 0.335 e. The standard InChI is InChI=1S/C5H5ClN4O2/c6-2-1-9-5(8)4(3(2)7)10(11)12/h1H,(H4,7,8,9). The van der Waals surface area contributed by atoms with Crippen molar-refractivity contribution < 1.29 is 4.92 Å². The molecule has 0 aliphatic carbocycles. The number of rotatable bonds is 1. The van der Waals surface area contributed by atoms with Gasteiger partial charge in [-0.1, -0.05) is 11.6 Å². The number of hydrogen-bond acceptors (Lipinski definition) is 5. The molecule has 1 aromatic rings. The molecule has 0 spiro atoms. The van der Waals surface area contributed by atoms with E-state index >= 15 is 0 Å². The Hall–Kier alpha value is -1.56. The highest BCUT2D eigenvalue weighted by atomic mass is 35.5. The van der Waals surface area contributed by atoms with Gasteiger partial charge < -0.3 is 11.5 Å². The van der Waals surface area contributed by atoms with Gasteiger partial charge in [-0.15, -0.1) is 0 Å². The fourth-order valence-corrected chi connectivity index (χ4v) is 0.838. The number of nitrogens with two attached hydrogens (primary N) is 2. The summed E-state index contributed by atoms with van der Waals surface area (Å²) in [4.78, 5) is 13.1. The van der Waals surface area contributed by atoms with Gasteiger partial charge in [0.25, 0.3) is 0 Å². The lowest BCUT2D eigenvalue weighted by atomic mass is 10.3. The molecule has 0 fully saturated rings. The minimum atomic E-state index is -0.719. The molecule has 0 saturated heterocycles. The Kier molecular flexibility index (Phi) is 2.01. The van der Waals surface area contributed by atoms with Crippen molar-refractivity contribution in [1.82, 2.24) is 4.98 Å². The van der Waals surface area contributed by atoms with Crippen LogP contribution in [0.15, 0.2) is 6.20 Å². The van der Waals surface area contributed by atoms with Crippen LogP contribution in [0.3, 0.4) is 0 Å². The van der Waals surface area contributed by atoms with Crippen LogP contribution in [0.5, 0.6) is 0 Å². The molecule has 6 nitrogen and oxygen atoms in total. The van der Waals surface area contributed by atoms with E-state index in [1.54, 1.807) is 0 Å². The second-order valence-electron chi connectivity index (χ2n) is 2.01. The molecular weight excluding hydrogens is 184 g/mol. The SMILES string of the molecule is Nc1ncc(Cl)c(N)c1[N+](=O)[O-]. The van der Waals surface area contributed by atoms with Crippen molar-refractivity contribution in [3.05, 3.63) is 21.3 Å². The minimum absolute atomic E-state index is 0.0240. The number of halogens is 1. The monoisotopic (exact) mass is 188 g/mol. The molecular formula is C5H5ClN4O2. The quantitative estimate of drug-likeness (QED) is 0.501. The van der Waals surface area contributed by atoms with Crippen molar-refractivity contribution in [2.45, 2.75) is 0 Å². The van der Waals surface area contributed by atoms with Gasteiger partial charge in [-0.25, -0.2) is 4.98 Å². The van der Waals surface area contributed by atoms with Crippen molar-refractivity contribution in [2.75, 3.05) is 11.5 Å². The lowest BCUT2D eigenvalue weighted by Crippen LogP contribution is -2.02. The van der Waals surface area contributed by atoms with Crippen LogP contribution < -0.4 is 11.5 Å². The Labute approximate surface area is 72.3 Å². The maximum atomic E-state index is 10.3. The number of hydrogen-bond donors (Lipinski definition) is 2. The lowest BCUT2D eigenvalue weighted by Gasteiger charge is -2.00. The first kappa shape index (κ1) is 8.54. The van der Waals surface area contributed by atoms with E-state index in [1.807, 2.05) is 0 Å². The van der Waals surface area contributed by atoms with Gasteiger partial charge in [-0.2, -0.15) is 0 Å². The van der Waals surface area contributed by atoms with Crippen LogP contribution >= 0.6 is 11.6 Å². The highest BCUT2D eigenvalue weighted by molar-refractivity contribution is 6.33. The number of anilines is 2. The molecule has 0 radical (unpaired) electrons. The molecule has 1 aromatic heterocycles. The second kappa shape index (κ2) is 2.82. The molecule has 12 heavy (non-hydrogen) atoms.